The Hall–Kier alpha value is -1.92. The van der Waals surface area contributed by atoms with Crippen LogP contribution in [0.15, 0.2) is 47.1 Å². The fourth-order valence-corrected chi connectivity index (χ4v) is 2.04. The molecular formula is C13H12BrN5. The van der Waals surface area contributed by atoms with Crippen LogP contribution in [-0.2, 0) is 6.54 Å². The average Bonchev–Trinajstić information content (AvgIpc) is 2.83. The van der Waals surface area contributed by atoms with Crippen LogP contribution in [0.3, 0.4) is 0 Å². The van der Waals surface area contributed by atoms with E-state index in [-0.39, 0.29) is 0 Å². The summed E-state index contributed by atoms with van der Waals surface area (Å²) in [6.45, 7) is 0.416. The summed E-state index contributed by atoms with van der Waals surface area (Å²) >= 11 is 3.41. The summed E-state index contributed by atoms with van der Waals surface area (Å²) in [5.74, 6) is 0.760. The van der Waals surface area contributed by atoms with E-state index in [1.807, 2.05) is 42.6 Å². The minimum Gasteiger partial charge on any atom is -0.339 e. The zero-order chi connectivity index (χ0) is 13.2. The molecule has 0 spiro atoms. The number of anilines is 2. The molecule has 2 heterocycles. The van der Waals surface area contributed by atoms with Crippen LogP contribution in [0.1, 0.15) is 5.69 Å². The Morgan fingerprint density at radius 3 is 2.68 bits per heavy atom. The van der Waals surface area contributed by atoms with Gasteiger partial charge < -0.3 is 11.1 Å². The number of hydrogen-bond donors (Lipinski definition) is 2. The highest BCUT2D eigenvalue weighted by atomic mass is 79.9. The molecule has 0 saturated heterocycles. The highest BCUT2D eigenvalue weighted by Gasteiger charge is 2.02. The fourth-order valence-electron chi connectivity index (χ4n) is 1.78. The number of fused-ring (bicyclic) bond motifs is 1. The third kappa shape index (κ3) is 2.59. The van der Waals surface area contributed by atoms with Crippen LogP contribution in [0.5, 0.6) is 0 Å². The number of nitrogens with one attached hydrogen (secondary N) is 1. The van der Waals surface area contributed by atoms with Gasteiger partial charge in [-0.25, -0.2) is 9.50 Å². The Morgan fingerprint density at radius 2 is 1.95 bits per heavy atom. The second kappa shape index (κ2) is 4.99. The highest BCUT2D eigenvalue weighted by Crippen LogP contribution is 2.18. The first kappa shape index (κ1) is 12.1. The van der Waals surface area contributed by atoms with Crippen molar-refractivity contribution in [3.8, 4) is 0 Å². The number of rotatable bonds is 3. The van der Waals surface area contributed by atoms with Gasteiger partial charge in [-0.1, -0.05) is 15.9 Å². The summed E-state index contributed by atoms with van der Waals surface area (Å²) in [4.78, 5) is 4.33. The standard InChI is InChI=1S/C13H12BrN5/c14-9-1-3-10(4-2-9)16-12-5-6-13-17-11(7-15)8-19(13)18-12/h1-6,8H,7,15H2,(H,16,18). The van der Waals surface area contributed by atoms with Crippen LogP contribution in [0.2, 0.25) is 0 Å². The Morgan fingerprint density at radius 1 is 1.16 bits per heavy atom. The molecule has 0 aliphatic carbocycles. The molecule has 5 nitrogen and oxygen atoms in total. The van der Waals surface area contributed by atoms with Crippen LogP contribution in [0, 0.1) is 0 Å². The van der Waals surface area contributed by atoms with Crippen LogP contribution in [-0.4, -0.2) is 14.6 Å². The lowest BCUT2D eigenvalue weighted by molar-refractivity contribution is 0.934. The third-order valence-electron chi connectivity index (χ3n) is 2.70. The van der Waals surface area contributed by atoms with E-state index >= 15 is 0 Å². The first-order valence-electron chi connectivity index (χ1n) is 5.82. The summed E-state index contributed by atoms with van der Waals surface area (Å²) in [6.07, 6.45) is 1.84. The van der Waals surface area contributed by atoms with Crippen LogP contribution in [0.25, 0.3) is 5.65 Å². The smallest absolute Gasteiger partial charge is 0.153 e. The average molecular weight is 318 g/mol. The molecule has 0 aliphatic rings. The predicted molar refractivity (Wildman–Crippen MR) is 78.3 cm³/mol. The number of nitrogens with two attached hydrogens (primary N) is 1. The van der Waals surface area contributed by atoms with Gasteiger partial charge in [-0.3, -0.25) is 0 Å². The molecule has 0 saturated carbocycles. The lowest BCUT2D eigenvalue weighted by Crippen LogP contribution is -1.98. The van der Waals surface area contributed by atoms with Gasteiger partial charge in [0, 0.05) is 16.7 Å². The molecule has 3 rings (SSSR count). The molecule has 2 aromatic heterocycles. The molecule has 1 aromatic carbocycles. The van der Waals surface area contributed by atoms with Gasteiger partial charge in [-0.2, -0.15) is 0 Å². The second-order valence-electron chi connectivity index (χ2n) is 4.09. The minimum absolute atomic E-state index is 0.416. The van der Waals surface area contributed by atoms with E-state index in [0.29, 0.717) is 6.54 Å². The predicted octanol–water partition coefficient (Wildman–Crippen LogP) is 2.69. The number of nitrogens with zero attached hydrogens (tertiary/aromatic N) is 3. The van der Waals surface area contributed by atoms with Crippen molar-refractivity contribution >= 4 is 33.1 Å². The van der Waals surface area contributed by atoms with Crippen LogP contribution < -0.4 is 11.1 Å². The Balaban J connectivity index is 1.90. The van der Waals surface area contributed by atoms with Gasteiger partial charge >= 0.3 is 0 Å². The van der Waals surface area contributed by atoms with Crippen molar-refractivity contribution in [3.05, 3.63) is 52.8 Å². The summed E-state index contributed by atoms with van der Waals surface area (Å²) < 4.78 is 2.77. The van der Waals surface area contributed by atoms with Crippen LogP contribution >= 0.6 is 15.9 Å². The van der Waals surface area contributed by atoms with E-state index < -0.39 is 0 Å². The lowest BCUT2D eigenvalue weighted by Gasteiger charge is -2.05. The van der Waals surface area contributed by atoms with Crippen molar-refractivity contribution in [1.29, 1.82) is 0 Å². The SMILES string of the molecule is NCc1cn2nc(Nc3ccc(Br)cc3)ccc2n1. The molecule has 3 aromatic rings. The van der Waals surface area contributed by atoms with Gasteiger partial charge in [0.1, 0.15) is 0 Å². The van der Waals surface area contributed by atoms with E-state index in [0.717, 1.165) is 27.3 Å². The summed E-state index contributed by atoms with van der Waals surface area (Å²) in [5.41, 5.74) is 8.17. The maximum atomic E-state index is 5.57. The first-order valence-corrected chi connectivity index (χ1v) is 6.62. The second-order valence-corrected chi connectivity index (χ2v) is 5.01. The van der Waals surface area contributed by atoms with Gasteiger partial charge in [0.2, 0.25) is 0 Å². The molecular weight excluding hydrogens is 306 g/mol. The van der Waals surface area contributed by atoms with Gasteiger partial charge in [-0.15, -0.1) is 5.10 Å². The van der Waals surface area contributed by atoms with Crippen molar-refractivity contribution in [1.82, 2.24) is 14.6 Å². The van der Waals surface area contributed by atoms with E-state index in [1.165, 1.54) is 0 Å². The van der Waals surface area contributed by atoms with Crippen molar-refractivity contribution in [2.45, 2.75) is 6.54 Å². The maximum absolute atomic E-state index is 5.57. The largest absolute Gasteiger partial charge is 0.339 e. The van der Waals surface area contributed by atoms with E-state index in [4.69, 9.17) is 5.73 Å². The minimum atomic E-state index is 0.416. The van der Waals surface area contributed by atoms with Gasteiger partial charge in [0.05, 0.1) is 11.9 Å². The molecule has 0 unspecified atom stereocenters. The molecule has 0 amide bonds. The molecule has 0 bridgehead atoms. The van der Waals surface area contributed by atoms with E-state index in [2.05, 4.69) is 31.3 Å². The van der Waals surface area contributed by atoms with E-state index in [1.54, 1.807) is 4.52 Å². The molecule has 6 heteroatoms. The van der Waals surface area contributed by atoms with Gasteiger partial charge in [0.15, 0.2) is 11.5 Å². The van der Waals surface area contributed by atoms with E-state index in [9.17, 15) is 0 Å². The molecule has 0 aliphatic heterocycles. The molecule has 0 radical (unpaired) electrons. The molecule has 3 N–H and O–H groups in total. The van der Waals surface area contributed by atoms with Crippen molar-refractivity contribution in [3.63, 3.8) is 0 Å². The van der Waals surface area contributed by atoms with Crippen LogP contribution in [0.4, 0.5) is 11.5 Å². The summed E-state index contributed by atoms with van der Waals surface area (Å²) in [5, 5.41) is 7.68. The van der Waals surface area contributed by atoms with Crippen molar-refractivity contribution in [2.75, 3.05) is 5.32 Å². The number of imidazole rings is 1. The van der Waals surface area contributed by atoms with Gasteiger partial charge in [0.25, 0.3) is 0 Å². The molecule has 0 atom stereocenters. The summed E-state index contributed by atoms with van der Waals surface area (Å²) in [6, 6.07) is 11.7. The number of aromatic nitrogens is 3. The third-order valence-corrected chi connectivity index (χ3v) is 3.22. The normalized spacial score (nSPS) is 10.8. The number of hydrogen-bond acceptors (Lipinski definition) is 4. The first-order chi connectivity index (χ1) is 9.24. The Labute approximate surface area is 118 Å². The lowest BCUT2D eigenvalue weighted by atomic mass is 10.3. The Bertz CT molecular complexity index is 705. The number of benzene rings is 1. The number of halogens is 1. The van der Waals surface area contributed by atoms with Crippen molar-refractivity contribution < 1.29 is 0 Å². The monoisotopic (exact) mass is 317 g/mol. The van der Waals surface area contributed by atoms with Gasteiger partial charge in [-0.05, 0) is 36.4 Å². The van der Waals surface area contributed by atoms with Crippen molar-refractivity contribution in [2.24, 2.45) is 5.73 Å². The Kier molecular flexibility index (Phi) is 3.18. The summed E-state index contributed by atoms with van der Waals surface area (Å²) in [7, 11) is 0. The molecule has 19 heavy (non-hydrogen) atoms. The topological polar surface area (TPSA) is 68.2 Å². The molecule has 0 fully saturated rings. The quantitative estimate of drug-likeness (QED) is 0.779. The maximum Gasteiger partial charge on any atom is 0.153 e. The zero-order valence-electron chi connectivity index (χ0n) is 10.0. The highest BCUT2D eigenvalue weighted by molar-refractivity contribution is 9.10. The zero-order valence-corrected chi connectivity index (χ0v) is 11.6. The molecule has 96 valence electrons. The fraction of sp³-hybridized carbons (Fsp3) is 0.0769.